The molecule has 0 radical (unpaired) electrons. The molecule has 1 aromatic rings. The molecule has 1 aliphatic rings. The molecular formula is C14H16ClN5O6S. The molecule has 11 nitrogen and oxygen atoms in total. The zero-order valence-electron chi connectivity index (χ0n) is 14.3. The van der Waals surface area contributed by atoms with E-state index in [9.17, 15) is 19.2 Å². The highest BCUT2D eigenvalue weighted by Crippen LogP contribution is 2.17. The molecule has 2 heterocycles. The number of hydrogen-bond donors (Lipinski definition) is 3. The van der Waals surface area contributed by atoms with Crippen LogP contribution in [0.15, 0.2) is 10.5 Å². The van der Waals surface area contributed by atoms with Crippen LogP contribution in [0.1, 0.15) is 12.6 Å². The Morgan fingerprint density at radius 3 is 2.78 bits per heavy atom. The molecule has 13 heteroatoms. The Kier molecular flexibility index (Phi) is 7.07. The Labute approximate surface area is 162 Å². The van der Waals surface area contributed by atoms with E-state index in [1.54, 1.807) is 6.92 Å². The Hall–Kier alpha value is -2.73. The molecule has 0 spiro atoms. The first-order valence-corrected chi connectivity index (χ1v) is 9.03. The zero-order chi connectivity index (χ0) is 20.0. The number of thiazole rings is 1. The summed E-state index contributed by atoms with van der Waals surface area (Å²) in [6.45, 7) is 1.76. The maximum atomic E-state index is 12.5. The SMILES string of the molecule is CCOC(=O)[C@@H]1NC(=O)[C@@H]1NC(=O)/C(=N\OC)c1csc(NC(=O)CCl)n1. The first-order valence-electron chi connectivity index (χ1n) is 7.62. The summed E-state index contributed by atoms with van der Waals surface area (Å²) < 4.78 is 4.83. The molecular weight excluding hydrogens is 402 g/mol. The number of hydrogen-bond acceptors (Lipinski definition) is 9. The van der Waals surface area contributed by atoms with Crippen LogP contribution in [0.25, 0.3) is 0 Å². The van der Waals surface area contributed by atoms with Crippen LogP contribution < -0.4 is 16.0 Å². The molecule has 1 saturated heterocycles. The second-order valence-corrected chi connectivity index (χ2v) is 6.16. The van der Waals surface area contributed by atoms with Crippen LogP contribution in [0.4, 0.5) is 5.13 Å². The Morgan fingerprint density at radius 2 is 2.19 bits per heavy atom. The first kappa shape index (κ1) is 20.6. The normalized spacial score (nSPS) is 18.8. The van der Waals surface area contributed by atoms with Gasteiger partial charge >= 0.3 is 5.97 Å². The van der Waals surface area contributed by atoms with Crippen molar-refractivity contribution >= 4 is 57.5 Å². The minimum Gasteiger partial charge on any atom is -0.464 e. The van der Waals surface area contributed by atoms with Gasteiger partial charge in [-0.2, -0.15) is 0 Å². The summed E-state index contributed by atoms with van der Waals surface area (Å²) in [6, 6.07) is -2.09. The van der Waals surface area contributed by atoms with Crippen molar-refractivity contribution in [3.05, 3.63) is 11.1 Å². The van der Waals surface area contributed by atoms with Crippen LogP contribution >= 0.6 is 22.9 Å². The number of alkyl halides is 1. The van der Waals surface area contributed by atoms with E-state index in [1.807, 2.05) is 0 Å². The molecule has 0 bridgehead atoms. The predicted octanol–water partition coefficient (Wildman–Crippen LogP) is -0.783. The third kappa shape index (κ3) is 4.92. The lowest BCUT2D eigenvalue weighted by molar-refractivity contribution is -0.155. The van der Waals surface area contributed by atoms with Crippen LogP contribution in [0.3, 0.4) is 0 Å². The van der Waals surface area contributed by atoms with Gasteiger partial charge in [0, 0.05) is 5.38 Å². The van der Waals surface area contributed by atoms with Crippen LogP contribution in [0.5, 0.6) is 0 Å². The van der Waals surface area contributed by atoms with Gasteiger partial charge in [-0.25, -0.2) is 9.78 Å². The fourth-order valence-corrected chi connectivity index (χ4v) is 2.83. The van der Waals surface area contributed by atoms with Gasteiger partial charge in [0.05, 0.1) is 6.61 Å². The number of oxime groups is 1. The summed E-state index contributed by atoms with van der Waals surface area (Å²) in [5, 5.41) is 12.5. The molecule has 0 aromatic carbocycles. The number of ether oxygens (including phenoxy) is 1. The van der Waals surface area contributed by atoms with E-state index in [0.717, 1.165) is 11.3 Å². The molecule has 0 saturated carbocycles. The van der Waals surface area contributed by atoms with Gasteiger partial charge in [0.15, 0.2) is 16.9 Å². The van der Waals surface area contributed by atoms with Crippen molar-refractivity contribution in [2.75, 3.05) is 24.9 Å². The van der Waals surface area contributed by atoms with E-state index in [1.165, 1.54) is 12.5 Å². The summed E-state index contributed by atoms with van der Waals surface area (Å²) in [5.74, 6) is -2.69. The fourth-order valence-electron chi connectivity index (χ4n) is 2.06. The Morgan fingerprint density at radius 1 is 1.44 bits per heavy atom. The number of β-lactam (4-membered cyclic amide) rings is 1. The van der Waals surface area contributed by atoms with Gasteiger partial charge in [-0.05, 0) is 6.92 Å². The number of amides is 3. The summed E-state index contributed by atoms with van der Waals surface area (Å²) in [6.07, 6.45) is 0. The van der Waals surface area contributed by atoms with Crippen molar-refractivity contribution in [3.8, 4) is 0 Å². The highest BCUT2D eigenvalue weighted by atomic mass is 35.5. The van der Waals surface area contributed by atoms with Crippen molar-refractivity contribution in [3.63, 3.8) is 0 Å². The zero-order valence-corrected chi connectivity index (χ0v) is 15.8. The summed E-state index contributed by atoms with van der Waals surface area (Å²) in [5.41, 5.74) is -0.126. The van der Waals surface area contributed by atoms with Crippen molar-refractivity contribution in [1.29, 1.82) is 0 Å². The van der Waals surface area contributed by atoms with E-state index in [4.69, 9.17) is 16.3 Å². The Bertz CT molecular complexity index is 782. The van der Waals surface area contributed by atoms with Gasteiger partial charge in [0.25, 0.3) is 5.91 Å². The predicted molar refractivity (Wildman–Crippen MR) is 95.5 cm³/mol. The number of halogens is 1. The number of carbonyl (C=O) groups is 4. The van der Waals surface area contributed by atoms with E-state index >= 15 is 0 Å². The van der Waals surface area contributed by atoms with Crippen molar-refractivity contribution in [2.24, 2.45) is 5.16 Å². The molecule has 27 heavy (non-hydrogen) atoms. The lowest BCUT2D eigenvalue weighted by Gasteiger charge is -2.34. The quantitative estimate of drug-likeness (QED) is 0.165. The lowest BCUT2D eigenvalue weighted by atomic mass is 9.98. The van der Waals surface area contributed by atoms with Crippen LogP contribution in [0, 0.1) is 0 Å². The topological polar surface area (TPSA) is 148 Å². The minimum absolute atomic E-state index is 0.108. The van der Waals surface area contributed by atoms with Gasteiger partial charge < -0.3 is 25.5 Å². The smallest absolute Gasteiger partial charge is 0.331 e. The molecule has 3 amide bonds. The maximum Gasteiger partial charge on any atom is 0.331 e. The van der Waals surface area contributed by atoms with Gasteiger partial charge in [-0.15, -0.1) is 22.9 Å². The minimum atomic E-state index is -1.10. The Balaban J connectivity index is 2.11. The van der Waals surface area contributed by atoms with E-state index in [2.05, 4.69) is 30.9 Å². The van der Waals surface area contributed by atoms with E-state index in [-0.39, 0.29) is 29.0 Å². The van der Waals surface area contributed by atoms with Crippen molar-refractivity contribution < 1.29 is 28.8 Å². The average Bonchev–Trinajstić information content (AvgIpc) is 3.09. The molecule has 2 rings (SSSR count). The van der Waals surface area contributed by atoms with Gasteiger partial charge in [0.2, 0.25) is 11.8 Å². The van der Waals surface area contributed by atoms with Crippen LogP contribution in [0.2, 0.25) is 0 Å². The second-order valence-electron chi connectivity index (χ2n) is 5.03. The number of aromatic nitrogens is 1. The number of esters is 1. The van der Waals surface area contributed by atoms with Crippen molar-refractivity contribution in [1.82, 2.24) is 15.6 Å². The van der Waals surface area contributed by atoms with Crippen LogP contribution in [-0.4, -0.2) is 66.1 Å². The lowest BCUT2D eigenvalue weighted by Crippen LogP contribution is -2.72. The summed E-state index contributed by atoms with van der Waals surface area (Å²) in [7, 11) is 1.23. The molecule has 1 aliphatic heterocycles. The van der Waals surface area contributed by atoms with Gasteiger partial charge in [-0.1, -0.05) is 5.16 Å². The molecule has 1 fully saturated rings. The molecule has 1 aromatic heterocycles. The first-order chi connectivity index (χ1) is 12.9. The van der Waals surface area contributed by atoms with Gasteiger partial charge in [0.1, 0.15) is 24.7 Å². The molecule has 3 N–H and O–H groups in total. The molecule has 146 valence electrons. The summed E-state index contributed by atoms with van der Waals surface area (Å²) >= 11 is 6.45. The maximum absolute atomic E-state index is 12.5. The van der Waals surface area contributed by atoms with Gasteiger partial charge in [-0.3, -0.25) is 14.4 Å². The van der Waals surface area contributed by atoms with Crippen molar-refractivity contribution in [2.45, 2.75) is 19.0 Å². The number of nitrogens with zero attached hydrogens (tertiary/aromatic N) is 2. The third-order valence-corrected chi connectivity index (χ3v) is 4.25. The number of nitrogens with one attached hydrogen (secondary N) is 3. The van der Waals surface area contributed by atoms with E-state index in [0.29, 0.717) is 0 Å². The monoisotopic (exact) mass is 417 g/mol. The highest BCUT2D eigenvalue weighted by Gasteiger charge is 2.46. The number of anilines is 1. The average molecular weight is 418 g/mol. The second kappa shape index (κ2) is 9.28. The standard InChI is InChI=1S/C14H16ClN5O6S/c1-3-26-13(24)10-9(12(23)19-10)18-11(22)8(20-25-2)6-5-27-14(16-6)17-7(21)4-15/h5,9-10H,3-4H2,1-2H3,(H,18,22)(H,19,23)(H,16,17,21)/b20-8-/t9-,10-/m1/s1. The van der Waals surface area contributed by atoms with E-state index < -0.39 is 35.8 Å². The third-order valence-electron chi connectivity index (χ3n) is 3.25. The summed E-state index contributed by atoms with van der Waals surface area (Å²) in [4.78, 5) is 56.0. The molecule has 0 unspecified atom stereocenters. The fraction of sp³-hybridized carbons (Fsp3) is 0.429. The number of rotatable bonds is 8. The molecule has 2 atom stereocenters. The molecule has 0 aliphatic carbocycles. The largest absolute Gasteiger partial charge is 0.464 e. The highest BCUT2D eigenvalue weighted by molar-refractivity contribution is 7.14. The number of carbonyl (C=O) groups excluding carboxylic acids is 4. The van der Waals surface area contributed by atoms with Crippen LogP contribution in [-0.2, 0) is 28.8 Å².